The number of aromatic nitrogens is 6. The Labute approximate surface area is 172 Å². The van der Waals surface area contributed by atoms with Gasteiger partial charge >= 0.3 is 0 Å². The zero-order valence-electron chi connectivity index (χ0n) is 16.4. The Morgan fingerprint density at radius 1 is 1.17 bits per heavy atom. The van der Waals surface area contributed by atoms with Gasteiger partial charge in [-0.3, -0.25) is 9.36 Å². The van der Waals surface area contributed by atoms with Crippen LogP contribution in [0.1, 0.15) is 29.6 Å². The number of halogens is 1. The van der Waals surface area contributed by atoms with Crippen molar-refractivity contribution in [2.75, 3.05) is 0 Å². The molecule has 0 radical (unpaired) electrons. The van der Waals surface area contributed by atoms with E-state index in [1.54, 1.807) is 65.3 Å². The Kier molecular flexibility index (Phi) is 4.46. The average Bonchev–Trinajstić information content (AvgIpc) is 3.29. The van der Waals surface area contributed by atoms with Crippen molar-refractivity contribution >= 4 is 5.78 Å². The van der Waals surface area contributed by atoms with Crippen molar-refractivity contribution in [1.29, 1.82) is 0 Å². The number of hydrogen-bond acceptors (Lipinski definition) is 5. The number of imidazole rings is 1. The van der Waals surface area contributed by atoms with Crippen LogP contribution in [0.4, 0.5) is 4.39 Å². The van der Waals surface area contributed by atoms with Gasteiger partial charge in [-0.15, -0.1) is 5.10 Å². The van der Waals surface area contributed by atoms with Crippen molar-refractivity contribution in [3.63, 3.8) is 0 Å². The van der Waals surface area contributed by atoms with E-state index in [0.717, 1.165) is 12.8 Å². The van der Waals surface area contributed by atoms with Gasteiger partial charge in [0.1, 0.15) is 35.0 Å². The molecule has 5 rings (SSSR count). The van der Waals surface area contributed by atoms with Crippen LogP contribution in [0.2, 0.25) is 0 Å². The summed E-state index contributed by atoms with van der Waals surface area (Å²) in [5.74, 6) is 0.953. The summed E-state index contributed by atoms with van der Waals surface area (Å²) in [6.07, 6.45) is 7.91. The minimum absolute atomic E-state index is 0.137. The van der Waals surface area contributed by atoms with Gasteiger partial charge in [-0.1, -0.05) is 17.3 Å². The minimum atomic E-state index is -0.369. The van der Waals surface area contributed by atoms with E-state index in [1.807, 2.05) is 0 Å². The smallest absolute Gasteiger partial charge is 0.164 e. The van der Waals surface area contributed by atoms with E-state index >= 15 is 0 Å². The van der Waals surface area contributed by atoms with Crippen LogP contribution in [-0.2, 0) is 7.05 Å². The number of nitrogens with zero attached hydrogens (tertiary/aromatic N) is 6. The van der Waals surface area contributed by atoms with E-state index in [4.69, 9.17) is 0 Å². The molecule has 3 aromatic heterocycles. The molecular formula is C22H19FN6O. The lowest BCUT2D eigenvalue weighted by Crippen LogP contribution is -2.02. The fourth-order valence-corrected chi connectivity index (χ4v) is 3.46. The SMILES string of the molecule is Cn1nnc(-c2ccccc2F)c1-c1cn(-c2ccc(C(=O)CC3CC3)cn2)cn1. The van der Waals surface area contributed by atoms with Crippen molar-refractivity contribution in [3.8, 4) is 28.5 Å². The Bertz CT molecular complexity index is 1220. The molecule has 7 nitrogen and oxygen atoms in total. The molecule has 1 aliphatic carbocycles. The Hall–Kier alpha value is -3.68. The summed E-state index contributed by atoms with van der Waals surface area (Å²) in [4.78, 5) is 21.1. The van der Waals surface area contributed by atoms with Crippen LogP contribution in [0.3, 0.4) is 0 Å². The van der Waals surface area contributed by atoms with Crippen molar-refractivity contribution in [3.05, 3.63) is 66.5 Å². The number of hydrogen-bond donors (Lipinski definition) is 0. The average molecular weight is 402 g/mol. The first-order valence-corrected chi connectivity index (χ1v) is 9.78. The van der Waals surface area contributed by atoms with E-state index in [0.29, 0.717) is 46.4 Å². The van der Waals surface area contributed by atoms with Crippen LogP contribution in [-0.4, -0.2) is 35.3 Å². The van der Waals surface area contributed by atoms with Gasteiger partial charge in [0.15, 0.2) is 5.78 Å². The molecule has 0 N–H and O–H groups in total. The van der Waals surface area contributed by atoms with E-state index in [1.165, 1.54) is 6.07 Å². The topological polar surface area (TPSA) is 78.5 Å². The Balaban J connectivity index is 1.45. The van der Waals surface area contributed by atoms with Gasteiger partial charge in [0.25, 0.3) is 0 Å². The summed E-state index contributed by atoms with van der Waals surface area (Å²) in [7, 11) is 1.74. The summed E-state index contributed by atoms with van der Waals surface area (Å²) in [6.45, 7) is 0. The summed E-state index contributed by atoms with van der Waals surface area (Å²) in [5.41, 5.74) is 2.62. The van der Waals surface area contributed by atoms with E-state index in [-0.39, 0.29) is 11.6 Å². The molecule has 1 fully saturated rings. The molecule has 4 aromatic rings. The first-order valence-electron chi connectivity index (χ1n) is 9.78. The number of carbonyl (C=O) groups is 1. The fourth-order valence-electron chi connectivity index (χ4n) is 3.46. The number of rotatable bonds is 6. The lowest BCUT2D eigenvalue weighted by atomic mass is 10.1. The number of ketones is 1. The molecule has 0 spiro atoms. The Morgan fingerprint density at radius 3 is 2.73 bits per heavy atom. The van der Waals surface area contributed by atoms with Gasteiger partial charge in [0, 0.05) is 37.0 Å². The van der Waals surface area contributed by atoms with Gasteiger partial charge in [0.05, 0.1) is 0 Å². The highest BCUT2D eigenvalue weighted by molar-refractivity contribution is 5.96. The molecule has 3 heterocycles. The third-order valence-electron chi connectivity index (χ3n) is 5.29. The zero-order valence-corrected chi connectivity index (χ0v) is 16.4. The molecule has 0 unspecified atom stereocenters. The summed E-state index contributed by atoms with van der Waals surface area (Å²) in [5, 5.41) is 8.19. The molecule has 0 amide bonds. The maximum absolute atomic E-state index is 14.3. The maximum atomic E-state index is 14.3. The van der Waals surface area contributed by atoms with E-state index in [2.05, 4.69) is 20.3 Å². The number of aryl methyl sites for hydroxylation is 1. The van der Waals surface area contributed by atoms with Gasteiger partial charge in [-0.25, -0.2) is 19.0 Å². The maximum Gasteiger partial charge on any atom is 0.164 e. The van der Waals surface area contributed by atoms with Crippen molar-refractivity contribution in [2.24, 2.45) is 13.0 Å². The van der Waals surface area contributed by atoms with Crippen LogP contribution in [0.25, 0.3) is 28.5 Å². The highest BCUT2D eigenvalue weighted by Gasteiger charge is 2.25. The van der Waals surface area contributed by atoms with Crippen molar-refractivity contribution in [1.82, 2.24) is 29.5 Å². The van der Waals surface area contributed by atoms with Gasteiger partial charge in [-0.05, 0) is 43.0 Å². The molecular weight excluding hydrogens is 383 g/mol. The number of Topliss-reactive ketones (excluding diaryl/α,β-unsaturated/α-hetero) is 1. The second-order valence-corrected chi connectivity index (χ2v) is 7.53. The molecule has 0 saturated heterocycles. The second kappa shape index (κ2) is 7.29. The first-order chi connectivity index (χ1) is 14.6. The van der Waals surface area contributed by atoms with E-state index < -0.39 is 0 Å². The summed E-state index contributed by atoms with van der Waals surface area (Å²) >= 11 is 0. The number of benzene rings is 1. The standard InChI is InChI=1S/C22H19FN6O/c1-28-22(21(26-27-28)16-4-2-3-5-17(16)23)18-12-29(13-25-18)20-9-8-15(11-24-20)19(30)10-14-6-7-14/h2-5,8-9,11-14H,6-7,10H2,1H3. The normalized spacial score (nSPS) is 13.5. The van der Waals surface area contributed by atoms with Crippen LogP contribution in [0.5, 0.6) is 0 Å². The third kappa shape index (κ3) is 3.41. The Morgan fingerprint density at radius 2 is 2.00 bits per heavy atom. The molecule has 0 atom stereocenters. The third-order valence-corrected chi connectivity index (χ3v) is 5.29. The predicted molar refractivity (Wildman–Crippen MR) is 108 cm³/mol. The van der Waals surface area contributed by atoms with E-state index in [9.17, 15) is 9.18 Å². The largest absolute Gasteiger partial charge is 0.294 e. The van der Waals surface area contributed by atoms with Crippen LogP contribution in [0, 0.1) is 11.7 Å². The van der Waals surface area contributed by atoms with Crippen molar-refractivity contribution < 1.29 is 9.18 Å². The second-order valence-electron chi connectivity index (χ2n) is 7.53. The van der Waals surface area contributed by atoms with Gasteiger partial charge in [0.2, 0.25) is 0 Å². The molecule has 1 aliphatic rings. The number of carbonyl (C=O) groups excluding carboxylic acids is 1. The minimum Gasteiger partial charge on any atom is -0.294 e. The molecule has 0 aliphatic heterocycles. The highest BCUT2D eigenvalue weighted by atomic mass is 19.1. The highest BCUT2D eigenvalue weighted by Crippen LogP contribution is 2.33. The fraction of sp³-hybridized carbons (Fsp3) is 0.227. The van der Waals surface area contributed by atoms with Crippen molar-refractivity contribution in [2.45, 2.75) is 19.3 Å². The van der Waals surface area contributed by atoms with Gasteiger partial charge in [-0.2, -0.15) is 0 Å². The quantitative estimate of drug-likeness (QED) is 0.458. The van der Waals surface area contributed by atoms with Gasteiger partial charge < -0.3 is 0 Å². The number of pyridine rings is 1. The lowest BCUT2D eigenvalue weighted by Gasteiger charge is -2.04. The molecule has 1 saturated carbocycles. The monoisotopic (exact) mass is 402 g/mol. The van der Waals surface area contributed by atoms with Crippen LogP contribution in [0.15, 0.2) is 55.1 Å². The molecule has 30 heavy (non-hydrogen) atoms. The summed E-state index contributed by atoms with van der Waals surface area (Å²) in [6, 6.07) is 10.0. The molecule has 0 bridgehead atoms. The zero-order chi connectivity index (χ0) is 20.7. The molecule has 1 aromatic carbocycles. The summed E-state index contributed by atoms with van der Waals surface area (Å²) < 4.78 is 17.6. The predicted octanol–water partition coefficient (Wildman–Crippen LogP) is 3.85. The lowest BCUT2D eigenvalue weighted by molar-refractivity contribution is 0.0975. The molecule has 8 heteroatoms. The van der Waals surface area contributed by atoms with Crippen LogP contribution < -0.4 is 0 Å². The molecule has 150 valence electrons. The van der Waals surface area contributed by atoms with Crippen LogP contribution >= 0.6 is 0 Å². The first kappa shape index (κ1) is 18.4.